The number of pyridine rings is 2. The molecule has 0 unspecified atom stereocenters. The van der Waals surface area contributed by atoms with Crippen LogP contribution in [0, 0.1) is 5.41 Å². The van der Waals surface area contributed by atoms with Crippen LogP contribution in [0.25, 0.3) is 28.1 Å². The molecule has 0 radical (unpaired) electrons. The van der Waals surface area contributed by atoms with Gasteiger partial charge in [0.1, 0.15) is 11.5 Å². The summed E-state index contributed by atoms with van der Waals surface area (Å²) in [6.07, 6.45) is 16.0. The van der Waals surface area contributed by atoms with E-state index in [1.165, 1.54) is 7.11 Å². The number of allylic oxidation sites excluding steroid dienone is 1. The molecule has 2 bridgehead atoms. The molecule has 8 rings (SSSR count). The molecule has 8 nitrogen and oxygen atoms in total. The number of hydrogen-bond donors (Lipinski definition) is 1. The van der Waals surface area contributed by atoms with E-state index >= 15 is 0 Å². The molecule has 0 spiro atoms. The minimum absolute atomic E-state index is 0.0318. The maximum atomic E-state index is 11.4. The van der Waals surface area contributed by atoms with Crippen molar-refractivity contribution in [2.45, 2.75) is 69.5 Å². The molecule has 3 aromatic heterocycles. The number of benzene rings is 1. The smallest absolute Gasteiger partial charge is 0.354 e. The lowest BCUT2D eigenvalue weighted by atomic mass is 9.58. The van der Waals surface area contributed by atoms with Gasteiger partial charge in [-0.2, -0.15) is 0 Å². The zero-order valence-electron chi connectivity index (χ0n) is 23.7. The molecule has 0 saturated heterocycles. The molecule has 4 aliphatic rings. The fourth-order valence-electron chi connectivity index (χ4n) is 6.71. The van der Waals surface area contributed by atoms with E-state index in [2.05, 4.69) is 27.3 Å². The van der Waals surface area contributed by atoms with Gasteiger partial charge in [-0.05, 0) is 79.9 Å². The number of fused-ring (bicyclic) bond motifs is 4. The lowest BCUT2D eigenvalue weighted by Crippen LogP contribution is -2.46. The molecule has 4 aliphatic carbocycles. The van der Waals surface area contributed by atoms with E-state index in [0.29, 0.717) is 39.7 Å². The Morgan fingerprint density at radius 2 is 1.81 bits per heavy atom. The van der Waals surface area contributed by atoms with E-state index in [1.807, 2.05) is 18.2 Å². The fraction of sp³-hybridized carbons (Fsp3) is 0.394. The minimum Gasteiger partial charge on any atom is -0.481 e. The van der Waals surface area contributed by atoms with E-state index in [9.17, 15) is 9.90 Å². The topological polar surface area (TPSA) is 108 Å². The van der Waals surface area contributed by atoms with Crippen LogP contribution in [0.1, 0.15) is 84.7 Å². The molecule has 4 fully saturated rings. The highest BCUT2D eigenvalue weighted by molar-refractivity contribution is 6.38. The van der Waals surface area contributed by atoms with E-state index in [1.54, 1.807) is 18.5 Å². The Morgan fingerprint density at radius 3 is 2.47 bits per heavy atom. The van der Waals surface area contributed by atoms with Gasteiger partial charge >= 0.3 is 5.97 Å². The van der Waals surface area contributed by atoms with Gasteiger partial charge in [0, 0.05) is 34.8 Å². The summed E-state index contributed by atoms with van der Waals surface area (Å²) in [7, 11) is 1.51. The van der Waals surface area contributed by atoms with Crippen LogP contribution in [0.4, 0.5) is 0 Å². The third kappa shape index (κ3) is 5.30. The zero-order valence-corrected chi connectivity index (χ0v) is 25.2. The Morgan fingerprint density at radius 1 is 1.09 bits per heavy atom. The molecule has 3 heterocycles. The van der Waals surface area contributed by atoms with Crippen LogP contribution in [0.2, 0.25) is 10.0 Å². The first-order valence-corrected chi connectivity index (χ1v) is 15.4. The van der Waals surface area contributed by atoms with Gasteiger partial charge in [-0.25, -0.2) is 9.78 Å². The second-order valence-corrected chi connectivity index (χ2v) is 12.9. The summed E-state index contributed by atoms with van der Waals surface area (Å²) in [6.45, 7) is 0.416. The summed E-state index contributed by atoms with van der Waals surface area (Å²) in [5.41, 5.74) is 3.22. The summed E-state index contributed by atoms with van der Waals surface area (Å²) in [4.78, 5) is 19.7. The van der Waals surface area contributed by atoms with Crippen LogP contribution < -0.4 is 4.74 Å². The number of carbonyl (C=O) groups is 1. The first-order chi connectivity index (χ1) is 20.8. The summed E-state index contributed by atoms with van der Waals surface area (Å²) >= 11 is 13.0. The quantitative estimate of drug-likeness (QED) is 0.199. The Bertz CT molecular complexity index is 1720. The van der Waals surface area contributed by atoms with Crippen molar-refractivity contribution in [3.8, 4) is 17.1 Å². The highest BCUT2D eigenvalue weighted by Crippen LogP contribution is 2.55. The Kier molecular flexibility index (Phi) is 7.19. The van der Waals surface area contributed by atoms with E-state index in [-0.39, 0.29) is 16.7 Å². The lowest BCUT2D eigenvalue weighted by molar-refractivity contribution is -0.133. The highest BCUT2D eigenvalue weighted by Gasteiger charge is 2.48. The summed E-state index contributed by atoms with van der Waals surface area (Å²) in [5, 5.41) is 16.2. The van der Waals surface area contributed by atoms with Crippen LogP contribution >= 0.6 is 23.2 Å². The van der Waals surface area contributed by atoms with Gasteiger partial charge in [0.2, 0.25) is 5.88 Å². The number of methoxy groups -OCH3 is 1. The summed E-state index contributed by atoms with van der Waals surface area (Å²) in [5.74, 6) is 0.499. The predicted octanol–water partition coefficient (Wildman–Crippen LogP) is 8.50. The predicted molar refractivity (Wildman–Crippen MR) is 164 cm³/mol. The number of carboxylic acid groups (broad SMARTS) is 1. The van der Waals surface area contributed by atoms with Crippen molar-refractivity contribution >= 4 is 46.0 Å². The third-order valence-electron chi connectivity index (χ3n) is 9.48. The van der Waals surface area contributed by atoms with E-state index < -0.39 is 5.97 Å². The van der Waals surface area contributed by atoms with Crippen molar-refractivity contribution in [2.75, 3.05) is 7.11 Å². The summed E-state index contributed by atoms with van der Waals surface area (Å²) in [6, 6.07) is 7.51. The van der Waals surface area contributed by atoms with Crippen molar-refractivity contribution < 1.29 is 23.9 Å². The van der Waals surface area contributed by atoms with Gasteiger partial charge in [0.05, 0.1) is 29.4 Å². The second-order valence-electron chi connectivity index (χ2n) is 12.1. The maximum absolute atomic E-state index is 11.4. The fourth-order valence-corrected chi connectivity index (χ4v) is 7.25. The average molecular weight is 621 g/mol. The van der Waals surface area contributed by atoms with Crippen molar-refractivity contribution in [3.63, 3.8) is 0 Å². The minimum atomic E-state index is -1.08. The second kappa shape index (κ2) is 10.9. The highest BCUT2D eigenvalue weighted by atomic mass is 35.5. The molecule has 4 aromatic rings. The van der Waals surface area contributed by atoms with Crippen LogP contribution in [0.15, 0.2) is 47.3 Å². The first-order valence-electron chi connectivity index (χ1n) is 14.6. The largest absolute Gasteiger partial charge is 0.481 e. The Labute approximate surface area is 259 Å². The number of carboxylic acids is 1. The van der Waals surface area contributed by atoms with Crippen LogP contribution in [0.3, 0.4) is 0 Å². The Hall–Kier alpha value is -3.46. The molecule has 0 aliphatic heterocycles. The molecular formula is C33H31Cl2N3O5. The number of ether oxygens (including phenoxy) is 2. The molecule has 0 amide bonds. The number of rotatable bonds is 9. The number of nitrogens with zero attached hydrogens (tertiary/aromatic N) is 3. The first kappa shape index (κ1) is 28.3. The third-order valence-corrected chi connectivity index (χ3v) is 10.1. The number of aromatic nitrogens is 3. The van der Waals surface area contributed by atoms with Gasteiger partial charge in [0.15, 0.2) is 5.69 Å². The molecule has 1 aromatic carbocycles. The van der Waals surface area contributed by atoms with Crippen molar-refractivity contribution in [3.05, 3.63) is 75.4 Å². The molecule has 222 valence electrons. The van der Waals surface area contributed by atoms with Crippen molar-refractivity contribution in [2.24, 2.45) is 5.41 Å². The molecule has 10 heteroatoms. The molecule has 1 N–H and O–H groups in total. The molecule has 43 heavy (non-hydrogen) atoms. The molecule has 4 saturated carbocycles. The van der Waals surface area contributed by atoms with Crippen LogP contribution in [-0.4, -0.2) is 38.9 Å². The van der Waals surface area contributed by atoms with Gasteiger partial charge < -0.3 is 19.1 Å². The Balaban J connectivity index is 1.07. The number of aromatic carboxylic acids is 1. The molecule has 0 atom stereocenters. The van der Waals surface area contributed by atoms with Crippen LogP contribution in [0.5, 0.6) is 5.88 Å². The normalized spacial score (nSPS) is 23.3. The zero-order chi connectivity index (χ0) is 29.8. The van der Waals surface area contributed by atoms with Gasteiger partial charge in [-0.3, -0.25) is 4.98 Å². The SMILES string of the molecule is COc1nc(C(=O)O)cc2ccc(/C=C/C34CCC(OCc5c(-c6c(Cl)cncc6Cl)noc5C5CC5)(CC3)CC4)cc12. The van der Waals surface area contributed by atoms with Crippen molar-refractivity contribution in [1.29, 1.82) is 0 Å². The van der Waals surface area contributed by atoms with Crippen LogP contribution in [-0.2, 0) is 11.3 Å². The summed E-state index contributed by atoms with van der Waals surface area (Å²) < 4.78 is 18.0. The van der Waals surface area contributed by atoms with Gasteiger partial charge in [0.25, 0.3) is 0 Å². The maximum Gasteiger partial charge on any atom is 0.354 e. The average Bonchev–Trinajstić information content (AvgIpc) is 3.79. The number of halogens is 2. The lowest BCUT2D eigenvalue weighted by Gasteiger charge is -2.52. The molecular weight excluding hydrogens is 589 g/mol. The van der Waals surface area contributed by atoms with Crippen molar-refractivity contribution in [1.82, 2.24) is 15.1 Å². The standard InChI is InChI=1S/C33H31Cl2N3O5/c1-41-30-22-14-19(2-3-21(22)15-26(37-30)31(39)40)6-7-32-8-11-33(12-9-32,13-10-32)42-18-23-28(38-43-29(23)20-4-5-20)27-24(34)16-36-17-25(27)35/h2-3,6-7,14-17,20H,4-5,8-13,18H2,1H3,(H,39,40)/b7-6+. The van der Waals surface area contributed by atoms with E-state index in [4.69, 9.17) is 37.2 Å². The van der Waals surface area contributed by atoms with Gasteiger partial charge in [-0.1, -0.05) is 52.6 Å². The van der Waals surface area contributed by atoms with E-state index in [0.717, 1.165) is 79.0 Å². The number of hydrogen-bond acceptors (Lipinski definition) is 7. The van der Waals surface area contributed by atoms with Gasteiger partial charge in [-0.15, -0.1) is 0 Å². The monoisotopic (exact) mass is 619 g/mol.